The molecule has 5 heteroatoms. The lowest BCUT2D eigenvalue weighted by molar-refractivity contribution is 0.172. The Kier molecular flexibility index (Phi) is 4.39. The van der Waals surface area contributed by atoms with E-state index in [1.165, 1.54) is 11.1 Å². The van der Waals surface area contributed by atoms with Crippen LogP contribution in [0.15, 0.2) is 53.0 Å². The zero-order chi connectivity index (χ0) is 20.8. The number of aryl methyl sites for hydroxylation is 1. The summed E-state index contributed by atoms with van der Waals surface area (Å²) >= 11 is 0. The van der Waals surface area contributed by atoms with E-state index in [9.17, 15) is 0 Å². The Morgan fingerprint density at radius 2 is 1.84 bits per heavy atom. The lowest BCUT2D eigenvalue weighted by Gasteiger charge is -2.39. The van der Waals surface area contributed by atoms with E-state index in [0.29, 0.717) is 19.1 Å². The van der Waals surface area contributed by atoms with Crippen molar-refractivity contribution in [2.45, 2.75) is 31.7 Å². The molecular weight excluding hydrogens is 388 g/mol. The monoisotopic (exact) mass is 414 g/mol. The van der Waals surface area contributed by atoms with Crippen LogP contribution in [0.1, 0.15) is 35.4 Å². The molecule has 1 aliphatic carbocycles. The normalized spacial score (nSPS) is 19.0. The summed E-state index contributed by atoms with van der Waals surface area (Å²) in [5.74, 6) is 2.97. The van der Waals surface area contributed by atoms with Gasteiger partial charge in [0.25, 0.3) is 0 Å². The van der Waals surface area contributed by atoms with Crippen LogP contribution < -0.4 is 9.47 Å². The number of piperidine rings is 1. The van der Waals surface area contributed by atoms with Gasteiger partial charge in [-0.25, -0.2) is 4.98 Å². The molecule has 2 aliphatic heterocycles. The summed E-state index contributed by atoms with van der Waals surface area (Å²) in [6.45, 7) is 6.03. The third-order valence-corrected chi connectivity index (χ3v) is 6.89. The van der Waals surface area contributed by atoms with Crippen molar-refractivity contribution < 1.29 is 13.9 Å². The summed E-state index contributed by atoms with van der Waals surface area (Å²) in [6, 6.07) is 14.7. The number of hydrogen-bond acceptors (Lipinski definition) is 5. The molecule has 6 rings (SSSR count). The molecule has 0 atom stereocenters. The first-order valence-electron chi connectivity index (χ1n) is 11.1. The number of rotatable bonds is 3. The number of para-hydroxylation sites is 1. The molecule has 1 aromatic heterocycles. The maximum atomic E-state index is 6.06. The van der Waals surface area contributed by atoms with Crippen LogP contribution in [-0.4, -0.2) is 36.2 Å². The van der Waals surface area contributed by atoms with Crippen molar-refractivity contribution in [3.8, 4) is 23.0 Å². The fourth-order valence-corrected chi connectivity index (χ4v) is 5.12. The molecule has 31 heavy (non-hydrogen) atoms. The third-order valence-electron chi connectivity index (χ3n) is 6.89. The van der Waals surface area contributed by atoms with Crippen molar-refractivity contribution in [2.24, 2.45) is 0 Å². The van der Waals surface area contributed by atoms with E-state index in [4.69, 9.17) is 18.9 Å². The smallest absolute Gasteiger partial charge is 0.230 e. The highest BCUT2D eigenvalue weighted by atomic mass is 16.6. The number of allylic oxidation sites excluding steroid dienone is 1. The molecule has 0 bridgehead atoms. The fourth-order valence-electron chi connectivity index (χ4n) is 5.12. The van der Waals surface area contributed by atoms with Gasteiger partial charge < -0.3 is 13.9 Å². The van der Waals surface area contributed by atoms with Gasteiger partial charge in [0.1, 0.15) is 19.0 Å². The van der Waals surface area contributed by atoms with Gasteiger partial charge in [-0.1, -0.05) is 42.5 Å². The van der Waals surface area contributed by atoms with Crippen molar-refractivity contribution in [3.63, 3.8) is 0 Å². The standard InChI is InChI=1S/C26H26N2O3/c1-18-22(27-25(31-18)20-6-4-8-23-24(20)30-16-15-29-23)17-28-13-11-26(12-14-28)10-9-19-5-2-3-7-21(19)26/h2-10H,11-17H2,1H3. The minimum atomic E-state index is 0.206. The number of aromatic nitrogens is 1. The van der Waals surface area contributed by atoms with Crippen LogP contribution in [0.2, 0.25) is 0 Å². The third kappa shape index (κ3) is 3.15. The van der Waals surface area contributed by atoms with Crippen LogP contribution in [0, 0.1) is 6.92 Å². The van der Waals surface area contributed by atoms with Crippen LogP contribution in [0.4, 0.5) is 0 Å². The number of likely N-dealkylation sites (tertiary alicyclic amines) is 1. The average Bonchev–Trinajstić information content (AvgIpc) is 3.36. The summed E-state index contributed by atoms with van der Waals surface area (Å²) in [4.78, 5) is 7.34. The summed E-state index contributed by atoms with van der Waals surface area (Å²) in [5.41, 5.74) is 4.94. The quantitative estimate of drug-likeness (QED) is 0.605. The van der Waals surface area contributed by atoms with Gasteiger partial charge in [-0.2, -0.15) is 0 Å². The molecule has 0 unspecified atom stereocenters. The Labute approximate surface area is 182 Å². The Balaban J connectivity index is 1.19. The lowest BCUT2D eigenvalue weighted by atomic mass is 9.74. The molecule has 158 valence electrons. The van der Waals surface area contributed by atoms with E-state index in [2.05, 4.69) is 41.3 Å². The molecule has 5 nitrogen and oxygen atoms in total. The molecule has 1 fully saturated rings. The zero-order valence-corrected chi connectivity index (χ0v) is 17.8. The Bertz CT molecular complexity index is 1160. The first-order valence-corrected chi connectivity index (χ1v) is 11.1. The van der Waals surface area contributed by atoms with E-state index in [0.717, 1.165) is 61.0 Å². The Morgan fingerprint density at radius 3 is 2.74 bits per heavy atom. The predicted octanol–water partition coefficient (Wildman–Crippen LogP) is 4.98. The van der Waals surface area contributed by atoms with Gasteiger partial charge in [0.05, 0.1) is 11.3 Å². The van der Waals surface area contributed by atoms with E-state index < -0.39 is 0 Å². The maximum absolute atomic E-state index is 6.06. The molecule has 2 aromatic carbocycles. The van der Waals surface area contributed by atoms with Crippen molar-refractivity contribution in [3.05, 3.63) is 71.1 Å². The first-order chi connectivity index (χ1) is 15.2. The van der Waals surface area contributed by atoms with E-state index in [-0.39, 0.29) is 5.41 Å². The number of ether oxygens (including phenoxy) is 2. The van der Waals surface area contributed by atoms with Gasteiger partial charge in [0.15, 0.2) is 11.5 Å². The Hall–Kier alpha value is -3.05. The topological polar surface area (TPSA) is 47.7 Å². The summed E-state index contributed by atoms with van der Waals surface area (Å²) in [5, 5.41) is 0. The fraction of sp³-hybridized carbons (Fsp3) is 0.346. The summed E-state index contributed by atoms with van der Waals surface area (Å²) in [7, 11) is 0. The largest absolute Gasteiger partial charge is 0.486 e. The molecule has 1 saturated heterocycles. The predicted molar refractivity (Wildman–Crippen MR) is 119 cm³/mol. The van der Waals surface area contributed by atoms with Crippen molar-refractivity contribution in [2.75, 3.05) is 26.3 Å². The highest BCUT2D eigenvalue weighted by Gasteiger charge is 2.38. The number of hydrogen-bond donors (Lipinski definition) is 0. The zero-order valence-electron chi connectivity index (χ0n) is 17.8. The van der Waals surface area contributed by atoms with Crippen molar-refractivity contribution >= 4 is 6.08 Å². The summed E-state index contributed by atoms with van der Waals surface area (Å²) < 4.78 is 17.6. The van der Waals surface area contributed by atoms with Crippen LogP contribution in [0.5, 0.6) is 11.5 Å². The number of fused-ring (bicyclic) bond motifs is 3. The van der Waals surface area contributed by atoms with E-state index >= 15 is 0 Å². The minimum Gasteiger partial charge on any atom is -0.486 e. The second-order valence-electron chi connectivity index (χ2n) is 8.70. The van der Waals surface area contributed by atoms with Crippen molar-refractivity contribution in [1.29, 1.82) is 0 Å². The van der Waals surface area contributed by atoms with E-state index in [1.807, 2.05) is 25.1 Å². The Morgan fingerprint density at radius 1 is 1.00 bits per heavy atom. The molecule has 0 saturated carbocycles. The molecule has 0 N–H and O–H groups in total. The lowest BCUT2D eigenvalue weighted by Crippen LogP contribution is -2.40. The molecule has 3 aliphatic rings. The van der Waals surface area contributed by atoms with Crippen LogP contribution in [0.25, 0.3) is 17.5 Å². The first kappa shape index (κ1) is 18.7. The van der Waals surface area contributed by atoms with Gasteiger partial charge >= 0.3 is 0 Å². The number of oxazole rings is 1. The number of nitrogens with zero attached hydrogens (tertiary/aromatic N) is 2. The molecule has 3 heterocycles. The van der Waals surface area contributed by atoms with Gasteiger partial charge in [0.2, 0.25) is 5.89 Å². The van der Waals surface area contributed by atoms with Crippen LogP contribution in [0.3, 0.4) is 0 Å². The molecule has 0 amide bonds. The second kappa shape index (κ2) is 7.27. The summed E-state index contributed by atoms with van der Waals surface area (Å²) in [6.07, 6.45) is 7.00. The average molecular weight is 415 g/mol. The van der Waals surface area contributed by atoms with Gasteiger partial charge in [-0.15, -0.1) is 0 Å². The van der Waals surface area contributed by atoms with Crippen LogP contribution >= 0.6 is 0 Å². The molecule has 1 spiro atoms. The maximum Gasteiger partial charge on any atom is 0.230 e. The number of benzene rings is 2. The highest BCUT2D eigenvalue weighted by Crippen LogP contribution is 2.44. The van der Waals surface area contributed by atoms with E-state index in [1.54, 1.807) is 0 Å². The van der Waals surface area contributed by atoms with Gasteiger partial charge in [-0.05, 0) is 56.1 Å². The minimum absolute atomic E-state index is 0.206. The molecule has 3 aromatic rings. The van der Waals surface area contributed by atoms with Crippen LogP contribution in [-0.2, 0) is 12.0 Å². The second-order valence-corrected chi connectivity index (χ2v) is 8.70. The van der Waals surface area contributed by atoms with Gasteiger partial charge in [0, 0.05) is 12.0 Å². The SMILES string of the molecule is Cc1oc(-c2cccc3c2OCCO3)nc1CN1CCC2(C=Cc3ccccc32)CC1. The molecular formula is C26H26N2O3. The van der Waals surface area contributed by atoms with Crippen molar-refractivity contribution in [1.82, 2.24) is 9.88 Å². The highest BCUT2D eigenvalue weighted by molar-refractivity contribution is 5.68. The van der Waals surface area contributed by atoms with Gasteiger partial charge in [-0.3, -0.25) is 4.90 Å². The molecule has 0 radical (unpaired) electrons.